The van der Waals surface area contributed by atoms with Gasteiger partial charge in [0.05, 0.1) is 0 Å². The maximum absolute atomic E-state index is 13.4. The molecule has 0 aromatic heterocycles. The number of ether oxygens (including phenoxy) is 1. The summed E-state index contributed by atoms with van der Waals surface area (Å²) >= 11 is 0. The highest BCUT2D eigenvalue weighted by atomic mass is 16.5. The Balaban J connectivity index is 1.52. The minimum Gasteiger partial charge on any atom is -0.458 e. The van der Waals surface area contributed by atoms with Crippen molar-refractivity contribution in [2.75, 3.05) is 0 Å². The second-order valence-corrected chi connectivity index (χ2v) is 12.7. The first kappa shape index (κ1) is 24.0. The van der Waals surface area contributed by atoms with Crippen LogP contribution in [-0.2, 0) is 14.3 Å². The molecule has 0 spiro atoms. The first-order chi connectivity index (χ1) is 15.1. The van der Waals surface area contributed by atoms with Gasteiger partial charge in [-0.05, 0) is 90.9 Å². The van der Waals surface area contributed by atoms with Crippen molar-refractivity contribution in [1.29, 1.82) is 0 Å². The molecule has 3 heteroatoms. The number of carbonyl (C=O) groups is 2. The highest BCUT2D eigenvalue weighted by molar-refractivity contribution is 5.98. The SMILES string of the molecule is CC(=O)OC1C=C2C(=O)CC3C(CCC4(C)C3CCC4[C@H](C)CCCC(C)C)C2(C)CC1. The van der Waals surface area contributed by atoms with Gasteiger partial charge in [0, 0.05) is 18.9 Å². The molecule has 0 bridgehead atoms. The Morgan fingerprint density at radius 1 is 1.06 bits per heavy atom. The number of esters is 1. The van der Waals surface area contributed by atoms with Gasteiger partial charge in [0.2, 0.25) is 0 Å². The summed E-state index contributed by atoms with van der Waals surface area (Å²) in [5, 5.41) is 0. The van der Waals surface area contributed by atoms with E-state index in [4.69, 9.17) is 4.74 Å². The van der Waals surface area contributed by atoms with Crippen LogP contribution < -0.4 is 0 Å². The third-order valence-corrected chi connectivity index (χ3v) is 10.4. The van der Waals surface area contributed by atoms with Crippen molar-refractivity contribution in [3.63, 3.8) is 0 Å². The van der Waals surface area contributed by atoms with Crippen molar-refractivity contribution in [2.45, 2.75) is 112 Å². The molecule has 8 atom stereocenters. The molecule has 4 aliphatic carbocycles. The van der Waals surface area contributed by atoms with Crippen LogP contribution in [-0.4, -0.2) is 17.9 Å². The Morgan fingerprint density at radius 3 is 2.50 bits per heavy atom. The maximum Gasteiger partial charge on any atom is 0.303 e. The summed E-state index contributed by atoms with van der Waals surface area (Å²) in [7, 11) is 0. The first-order valence-corrected chi connectivity index (χ1v) is 13.5. The highest BCUT2D eigenvalue weighted by Gasteiger charge is 2.61. The van der Waals surface area contributed by atoms with Gasteiger partial charge in [0.25, 0.3) is 0 Å². The van der Waals surface area contributed by atoms with Crippen LogP contribution in [0.3, 0.4) is 0 Å². The quantitative estimate of drug-likeness (QED) is 0.411. The van der Waals surface area contributed by atoms with E-state index in [-0.39, 0.29) is 17.5 Å². The highest BCUT2D eigenvalue weighted by Crippen LogP contribution is 2.67. The molecule has 180 valence electrons. The lowest BCUT2D eigenvalue weighted by Crippen LogP contribution is -2.53. The van der Waals surface area contributed by atoms with Gasteiger partial charge < -0.3 is 4.74 Å². The van der Waals surface area contributed by atoms with Crippen LogP contribution in [0.15, 0.2) is 11.6 Å². The second kappa shape index (κ2) is 8.91. The number of fused-ring (bicyclic) bond motifs is 5. The molecular weight excluding hydrogens is 396 g/mol. The first-order valence-electron chi connectivity index (χ1n) is 13.5. The molecule has 0 saturated heterocycles. The van der Waals surface area contributed by atoms with E-state index in [0.717, 1.165) is 36.2 Å². The zero-order chi connectivity index (χ0) is 23.3. The summed E-state index contributed by atoms with van der Waals surface area (Å²) in [6.45, 7) is 13.6. The van der Waals surface area contributed by atoms with Gasteiger partial charge in [-0.2, -0.15) is 0 Å². The number of hydrogen-bond acceptors (Lipinski definition) is 3. The molecule has 0 aromatic carbocycles. The molecule has 32 heavy (non-hydrogen) atoms. The van der Waals surface area contributed by atoms with Crippen molar-refractivity contribution in [1.82, 2.24) is 0 Å². The Kier molecular flexibility index (Phi) is 6.69. The lowest BCUT2D eigenvalue weighted by atomic mass is 9.46. The molecule has 0 N–H and O–H groups in total. The zero-order valence-corrected chi connectivity index (χ0v) is 21.4. The fourth-order valence-electron chi connectivity index (χ4n) is 8.85. The van der Waals surface area contributed by atoms with Crippen molar-refractivity contribution in [3.05, 3.63) is 11.6 Å². The maximum atomic E-state index is 13.4. The van der Waals surface area contributed by atoms with Crippen LogP contribution in [0.4, 0.5) is 0 Å². The molecule has 3 nitrogen and oxygen atoms in total. The fourth-order valence-corrected chi connectivity index (χ4v) is 8.85. The third kappa shape index (κ3) is 4.11. The Bertz CT molecular complexity index is 766. The van der Waals surface area contributed by atoms with Crippen LogP contribution in [0, 0.1) is 46.3 Å². The molecule has 0 aliphatic heterocycles. The van der Waals surface area contributed by atoms with Gasteiger partial charge in [-0.15, -0.1) is 0 Å². The van der Waals surface area contributed by atoms with Gasteiger partial charge in [-0.3, -0.25) is 9.59 Å². The van der Waals surface area contributed by atoms with Crippen LogP contribution in [0.2, 0.25) is 0 Å². The van der Waals surface area contributed by atoms with E-state index >= 15 is 0 Å². The molecule has 0 aromatic rings. The predicted molar refractivity (Wildman–Crippen MR) is 129 cm³/mol. The Morgan fingerprint density at radius 2 is 1.81 bits per heavy atom. The molecule has 0 radical (unpaired) electrons. The molecule has 0 amide bonds. The predicted octanol–water partition coefficient (Wildman–Crippen LogP) is 7.14. The summed E-state index contributed by atoms with van der Waals surface area (Å²) < 4.78 is 5.47. The third-order valence-electron chi connectivity index (χ3n) is 10.4. The van der Waals surface area contributed by atoms with E-state index in [2.05, 4.69) is 34.6 Å². The number of hydrogen-bond donors (Lipinski definition) is 0. The summed E-state index contributed by atoms with van der Waals surface area (Å²) in [6, 6.07) is 0. The summed E-state index contributed by atoms with van der Waals surface area (Å²) in [4.78, 5) is 24.9. The lowest BCUT2D eigenvalue weighted by Gasteiger charge is -2.58. The van der Waals surface area contributed by atoms with E-state index in [9.17, 15) is 9.59 Å². The zero-order valence-electron chi connectivity index (χ0n) is 21.4. The standard InChI is InChI=1S/C29H46O3/c1-18(2)8-7-9-19(3)23-10-11-24-22-17-27(31)26-16-21(32-20(4)30)12-14-29(26,6)25(22)13-15-28(23,24)5/h16,18-19,21-25H,7-15,17H2,1-6H3/t19-,21?,22?,23?,24?,25?,28?,29?/m1/s1. The second-order valence-electron chi connectivity index (χ2n) is 12.7. The average molecular weight is 443 g/mol. The summed E-state index contributed by atoms with van der Waals surface area (Å²) in [5.74, 6) is 4.36. The van der Waals surface area contributed by atoms with Crippen molar-refractivity contribution in [2.24, 2.45) is 46.3 Å². The monoisotopic (exact) mass is 442 g/mol. The summed E-state index contributed by atoms with van der Waals surface area (Å²) in [5.41, 5.74) is 1.36. The summed E-state index contributed by atoms with van der Waals surface area (Å²) in [6.07, 6.45) is 13.7. The van der Waals surface area contributed by atoms with E-state index in [1.54, 1.807) is 0 Å². The minimum atomic E-state index is -0.246. The van der Waals surface area contributed by atoms with Crippen molar-refractivity contribution < 1.29 is 14.3 Å². The van der Waals surface area contributed by atoms with Gasteiger partial charge in [-0.1, -0.05) is 53.9 Å². The van der Waals surface area contributed by atoms with Crippen molar-refractivity contribution in [3.8, 4) is 0 Å². The Hall–Kier alpha value is -1.12. The number of allylic oxidation sites excluding steroid dienone is 1. The van der Waals surface area contributed by atoms with Crippen LogP contribution in [0.25, 0.3) is 0 Å². The number of Topliss-reactive ketones (excluding diaryl/α,β-unsaturated/α-hetero) is 1. The molecule has 4 rings (SSSR count). The van der Waals surface area contributed by atoms with Gasteiger partial charge in [0.1, 0.15) is 6.10 Å². The van der Waals surface area contributed by atoms with Gasteiger partial charge in [-0.25, -0.2) is 0 Å². The van der Waals surface area contributed by atoms with Gasteiger partial charge >= 0.3 is 5.97 Å². The number of carbonyl (C=O) groups excluding carboxylic acids is 2. The van der Waals surface area contributed by atoms with E-state index in [0.29, 0.717) is 35.4 Å². The smallest absolute Gasteiger partial charge is 0.303 e. The van der Waals surface area contributed by atoms with E-state index in [1.807, 2.05) is 6.08 Å². The van der Waals surface area contributed by atoms with Crippen LogP contribution in [0.1, 0.15) is 106 Å². The van der Waals surface area contributed by atoms with Crippen molar-refractivity contribution >= 4 is 11.8 Å². The average Bonchev–Trinajstić information content (AvgIpc) is 3.06. The molecule has 3 saturated carbocycles. The van der Waals surface area contributed by atoms with E-state index < -0.39 is 0 Å². The van der Waals surface area contributed by atoms with E-state index in [1.165, 1.54) is 51.9 Å². The molecule has 3 fully saturated rings. The largest absolute Gasteiger partial charge is 0.458 e. The normalized spacial score (nSPS) is 42.0. The lowest BCUT2D eigenvalue weighted by molar-refractivity contribution is -0.146. The molecule has 4 aliphatic rings. The topological polar surface area (TPSA) is 43.4 Å². The van der Waals surface area contributed by atoms with Crippen LogP contribution in [0.5, 0.6) is 0 Å². The number of ketones is 1. The van der Waals surface area contributed by atoms with Gasteiger partial charge in [0.15, 0.2) is 5.78 Å². The molecule has 0 heterocycles. The molecular formula is C29H46O3. The molecule has 7 unspecified atom stereocenters. The fraction of sp³-hybridized carbons (Fsp3) is 0.862. The number of rotatable bonds is 6. The minimum absolute atomic E-state index is 0.0288. The van der Waals surface area contributed by atoms with Crippen LogP contribution >= 0.6 is 0 Å². The Labute approximate surface area is 196 Å².